The number of urea groups is 1. The molecule has 2 N–H and O–H groups in total. The lowest BCUT2D eigenvalue weighted by atomic mass is 9.96. The number of hydrogen-bond donors (Lipinski definition) is 2. The van der Waals surface area contributed by atoms with Gasteiger partial charge in [-0.3, -0.25) is 4.79 Å². The Balaban J connectivity index is 1.43. The van der Waals surface area contributed by atoms with Gasteiger partial charge in [-0.05, 0) is 50.3 Å². The molecule has 0 saturated carbocycles. The van der Waals surface area contributed by atoms with Gasteiger partial charge >= 0.3 is 6.03 Å². The Labute approximate surface area is 183 Å². The van der Waals surface area contributed by atoms with Crippen LogP contribution in [0.5, 0.6) is 0 Å². The van der Waals surface area contributed by atoms with E-state index in [2.05, 4.69) is 10.6 Å². The third kappa shape index (κ3) is 5.86. The Bertz CT molecular complexity index is 892. The Morgan fingerprint density at radius 1 is 1.07 bits per heavy atom. The number of amides is 3. The maximum atomic E-state index is 12.5. The SMILES string of the molecule is Cc1ccc(NC(=O)C2CCN(C(=O)NC3CCN(S(C)(=O)=O)CC3)CC2)cc1Cl. The second-order valence-corrected chi connectivity index (χ2v) is 10.5. The van der Waals surface area contributed by atoms with Crippen LogP contribution in [-0.2, 0) is 14.8 Å². The third-order valence-electron chi connectivity index (χ3n) is 5.84. The second-order valence-electron chi connectivity index (χ2n) is 8.10. The van der Waals surface area contributed by atoms with E-state index in [1.165, 1.54) is 10.6 Å². The Kier molecular flexibility index (Phi) is 7.26. The second kappa shape index (κ2) is 9.53. The first-order chi connectivity index (χ1) is 14.1. The first-order valence-electron chi connectivity index (χ1n) is 10.2. The quantitative estimate of drug-likeness (QED) is 0.726. The average Bonchev–Trinajstić information content (AvgIpc) is 2.70. The summed E-state index contributed by atoms with van der Waals surface area (Å²) in [5, 5.41) is 6.53. The molecular formula is C20H29ClN4O4S. The van der Waals surface area contributed by atoms with Crippen molar-refractivity contribution in [3.8, 4) is 0 Å². The van der Waals surface area contributed by atoms with Crippen molar-refractivity contribution in [2.45, 2.75) is 38.6 Å². The summed E-state index contributed by atoms with van der Waals surface area (Å²) in [4.78, 5) is 26.8. The molecule has 2 fully saturated rings. The number of nitrogens with zero attached hydrogens (tertiary/aromatic N) is 2. The van der Waals surface area contributed by atoms with E-state index in [9.17, 15) is 18.0 Å². The molecule has 2 aliphatic rings. The van der Waals surface area contributed by atoms with Gasteiger partial charge in [0.25, 0.3) is 0 Å². The first kappa shape index (κ1) is 22.8. The molecule has 1 aromatic carbocycles. The first-order valence-corrected chi connectivity index (χ1v) is 12.4. The molecule has 30 heavy (non-hydrogen) atoms. The summed E-state index contributed by atoms with van der Waals surface area (Å²) in [5.41, 5.74) is 1.63. The molecule has 166 valence electrons. The van der Waals surface area contributed by atoms with Crippen LogP contribution in [0.25, 0.3) is 0 Å². The van der Waals surface area contributed by atoms with E-state index in [0.717, 1.165) is 5.56 Å². The lowest BCUT2D eigenvalue weighted by Gasteiger charge is -2.35. The Morgan fingerprint density at radius 3 is 2.27 bits per heavy atom. The van der Waals surface area contributed by atoms with Crippen LogP contribution in [0.2, 0.25) is 5.02 Å². The lowest BCUT2D eigenvalue weighted by Crippen LogP contribution is -2.52. The lowest BCUT2D eigenvalue weighted by molar-refractivity contribution is -0.121. The largest absolute Gasteiger partial charge is 0.335 e. The standard InChI is InChI=1S/C20H29ClN4O4S/c1-14-3-4-17(13-18(14)21)22-19(26)15-5-9-24(10-6-15)20(27)23-16-7-11-25(12-8-16)30(2,28)29/h3-4,13,15-16H,5-12H2,1-2H3,(H,22,26)(H,23,27). The minimum absolute atomic E-state index is 0.0252. The number of nitrogens with one attached hydrogen (secondary N) is 2. The van der Waals surface area contributed by atoms with Gasteiger partial charge in [-0.1, -0.05) is 17.7 Å². The minimum Gasteiger partial charge on any atom is -0.335 e. The van der Waals surface area contributed by atoms with Crippen LogP contribution in [0.4, 0.5) is 10.5 Å². The highest BCUT2D eigenvalue weighted by atomic mass is 35.5. The van der Waals surface area contributed by atoms with Crippen LogP contribution < -0.4 is 10.6 Å². The van der Waals surface area contributed by atoms with Crippen LogP contribution in [0.1, 0.15) is 31.2 Å². The number of carbonyl (C=O) groups is 2. The fourth-order valence-corrected chi connectivity index (χ4v) is 4.91. The van der Waals surface area contributed by atoms with Crippen LogP contribution in [-0.4, -0.2) is 68.0 Å². The summed E-state index contributed by atoms with van der Waals surface area (Å²) in [6, 6.07) is 5.27. The van der Waals surface area contributed by atoms with Crippen molar-refractivity contribution in [2.75, 3.05) is 37.8 Å². The van der Waals surface area contributed by atoms with Crippen molar-refractivity contribution in [2.24, 2.45) is 5.92 Å². The third-order valence-corrected chi connectivity index (χ3v) is 7.55. The number of rotatable bonds is 4. The van der Waals surface area contributed by atoms with Crippen molar-refractivity contribution < 1.29 is 18.0 Å². The molecule has 8 nitrogen and oxygen atoms in total. The van der Waals surface area contributed by atoms with Crippen LogP contribution >= 0.6 is 11.6 Å². The van der Waals surface area contributed by atoms with Crippen LogP contribution in [0, 0.1) is 12.8 Å². The van der Waals surface area contributed by atoms with Crippen molar-refractivity contribution in [3.63, 3.8) is 0 Å². The van der Waals surface area contributed by atoms with Gasteiger partial charge in [-0.15, -0.1) is 0 Å². The number of sulfonamides is 1. The van der Waals surface area contributed by atoms with E-state index in [4.69, 9.17) is 11.6 Å². The molecule has 0 aliphatic carbocycles. The molecule has 0 spiro atoms. The molecule has 1 aromatic rings. The highest BCUT2D eigenvalue weighted by Crippen LogP contribution is 2.23. The van der Waals surface area contributed by atoms with Gasteiger partial charge in [-0.25, -0.2) is 17.5 Å². The van der Waals surface area contributed by atoms with Crippen molar-refractivity contribution in [1.29, 1.82) is 0 Å². The zero-order valence-corrected chi connectivity index (χ0v) is 18.9. The number of likely N-dealkylation sites (tertiary alicyclic amines) is 1. The monoisotopic (exact) mass is 456 g/mol. The van der Waals surface area contributed by atoms with Gasteiger partial charge in [0, 0.05) is 48.8 Å². The maximum absolute atomic E-state index is 12.5. The van der Waals surface area contributed by atoms with E-state index in [-0.39, 0.29) is 23.9 Å². The Hall–Kier alpha value is -1.84. The highest BCUT2D eigenvalue weighted by Gasteiger charge is 2.30. The fraction of sp³-hybridized carbons (Fsp3) is 0.600. The summed E-state index contributed by atoms with van der Waals surface area (Å²) >= 11 is 6.11. The molecule has 2 saturated heterocycles. The molecule has 3 rings (SSSR count). The van der Waals surface area contributed by atoms with Crippen molar-refractivity contribution >= 4 is 39.2 Å². The minimum atomic E-state index is -3.17. The molecule has 0 radical (unpaired) electrons. The number of carbonyl (C=O) groups excluding carboxylic acids is 2. The molecule has 0 aromatic heterocycles. The average molecular weight is 457 g/mol. The number of hydrogen-bond acceptors (Lipinski definition) is 4. The smallest absolute Gasteiger partial charge is 0.317 e. The molecule has 2 aliphatic heterocycles. The molecule has 3 amide bonds. The highest BCUT2D eigenvalue weighted by molar-refractivity contribution is 7.88. The van der Waals surface area contributed by atoms with Gasteiger partial charge < -0.3 is 15.5 Å². The molecule has 2 heterocycles. The van der Waals surface area contributed by atoms with Crippen molar-refractivity contribution in [1.82, 2.24) is 14.5 Å². The van der Waals surface area contributed by atoms with E-state index in [1.807, 2.05) is 19.1 Å². The molecular weight excluding hydrogens is 428 g/mol. The summed E-state index contributed by atoms with van der Waals surface area (Å²) in [6.07, 6.45) is 3.63. The molecule has 0 bridgehead atoms. The predicted molar refractivity (Wildman–Crippen MR) is 117 cm³/mol. The van der Waals surface area contributed by atoms with E-state index < -0.39 is 10.0 Å². The number of benzene rings is 1. The number of halogens is 1. The zero-order chi connectivity index (χ0) is 21.9. The zero-order valence-electron chi connectivity index (χ0n) is 17.4. The van der Waals surface area contributed by atoms with Gasteiger partial charge in [0.05, 0.1) is 6.26 Å². The number of aryl methyl sites for hydroxylation is 1. The van der Waals surface area contributed by atoms with Crippen LogP contribution in [0.3, 0.4) is 0 Å². The summed E-state index contributed by atoms with van der Waals surface area (Å²) in [7, 11) is -3.17. The van der Waals surface area contributed by atoms with Crippen LogP contribution in [0.15, 0.2) is 18.2 Å². The topological polar surface area (TPSA) is 98.8 Å². The summed E-state index contributed by atoms with van der Waals surface area (Å²) in [5.74, 6) is -0.199. The van der Waals surface area contributed by atoms with Gasteiger partial charge in [0.2, 0.25) is 15.9 Å². The van der Waals surface area contributed by atoms with Gasteiger partial charge in [0.15, 0.2) is 0 Å². The van der Waals surface area contributed by atoms with E-state index in [0.29, 0.717) is 62.6 Å². The number of piperidine rings is 2. The van der Waals surface area contributed by atoms with Gasteiger partial charge in [0.1, 0.15) is 0 Å². The number of anilines is 1. The van der Waals surface area contributed by atoms with Gasteiger partial charge in [-0.2, -0.15) is 0 Å². The molecule has 0 unspecified atom stereocenters. The van der Waals surface area contributed by atoms with E-state index in [1.54, 1.807) is 11.0 Å². The predicted octanol–water partition coefficient (Wildman–Crippen LogP) is 2.43. The summed E-state index contributed by atoms with van der Waals surface area (Å²) in [6.45, 7) is 3.79. The summed E-state index contributed by atoms with van der Waals surface area (Å²) < 4.78 is 24.6. The van der Waals surface area contributed by atoms with Crippen molar-refractivity contribution in [3.05, 3.63) is 28.8 Å². The molecule has 0 atom stereocenters. The molecule has 10 heteroatoms. The fourth-order valence-electron chi connectivity index (χ4n) is 3.86. The van der Waals surface area contributed by atoms with E-state index >= 15 is 0 Å². The maximum Gasteiger partial charge on any atom is 0.317 e. The normalized spacial score (nSPS) is 19.5. The Morgan fingerprint density at radius 2 is 1.70 bits per heavy atom.